The van der Waals surface area contributed by atoms with Gasteiger partial charge in [-0.3, -0.25) is 9.35 Å². The van der Waals surface area contributed by atoms with Crippen LogP contribution >= 0.6 is 0 Å². The predicted molar refractivity (Wildman–Crippen MR) is 244 cm³/mol. The van der Waals surface area contributed by atoms with Gasteiger partial charge < -0.3 is 34.3 Å². The quantitative estimate of drug-likeness (QED) is 0.0197. The van der Waals surface area contributed by atoms with Crippen LogP contribution in [0.5, 0.6) is 0 Å². The number of ether oxygens (including phenoxy) is 4. The van der Waals surface area contributed by atoms with E-state index in [9.17, 15) is 28.5 Å². The minimum atomic E-state index is -5.06. The van der Waals surface area contributed by atoms with E-state index in [0.717, 1.165) is 57.8 Å². The van der Waals surface area contributed by atoms with Crippen LogP contribution in [0.15, 0.2) is 12.2 Å². The first kappa shape index (κ1) is 57.9. The van der Waals surface area contributed by atoms with Crippen molar-refractivity contribution in [2.45, 2.75) is 263 Å². The highest BCUT2D eigenvalue weighted by Crippen LogP contribution is 2.26. The second-order valence-electron chi connectivity index (χ2n) is 17.4. The molecule has 0 aromatic rings. The van der Waals surface area contributed by atoms with Crippen molar-refractivity contribution in [3.8, 4) is 0 Å². The Labute approximate surface area is 372 Å². The van der Waals surface area contributed by atoms with Crippen LogP contribution < -0.4 is 0 Å². The Morgan fingerprint density at radius 1 is 0.607 bits per heavy atom. The first-order valence-electron chi connectivity index (χ1n) is 24.9. The maximum absolute atomic E-state index is 12.8. The molecule has 1 saturated heterocycles. The van der Waals surface area contributed by atoms with Gasteiger partial charge in [0.1, 0.15) is 30.5 Å². The van der Waals surface area contributed by atoms with E-state index >= 15 is 0 Å². The molecule has 0 spiro atoms. The zero-order valence-electron chi connectivity index (χ0n) is 38.7. The molecule has 0 radical (unpaired) electrons. The van der Waals surface area contributed by atoms with Crippen LogP contribution in [0.2, 0.25) is 0 Å². The fraction of sp³-hybridized carbons (Fsp3) is 0.938. The van der Waals surface area contributed by atoms with Crippen LogP contribution in [-0.4, -0.2) is 97.5 Å². The Hall–Kier alpha value is -1.16. The molecule has 4 N–H and O–H groups in total. The van der Waals surface area contributed by atoms with Crippen LogP contribution in [0.1, 0.15) is 226 Å². The van der Waals surface area contributed by atoms with Crippen molar-refractivity contribution in [2.24, 2.45) is 0 Å². The summed E-state index contributed by atoms with van der Waals surface area (Å²) in [5, 5.41) is 30.7. The van der Waals surface area contributed by atoms with Gasteiger partial charge in [-0.05, 0) is 38.5 Å². The largest absolute Gasteiger partial charge is 0.457 e. The Morgan fingerprint density at radius 3 is 1.51 bits per heavy atom. The fourth-order valence-electron chi connectivity index (χ4n) is 7.85. The molecule has 1 fully saturated rings. The molecule has 61 heavy (non-hydrogen) atoms. The maximum atomic E-state index is 12.8. The van der Waals surface area contributed by atoms with Crippen molar-refractivity contribution in [2.75, 3.05) is 26.4 Å². The summed E-state index contributed by atoms with van der Waals surface area (Å²) in [6.45, 7) is 3.99. The smallest absolute Gasteiger partial charge is 0.397 e. The van der Waals surface area contributed by atoms with Crippen molar-refractivity contribution >= 4 is 16.4 Å². The minimum absolute atomic E-state index is 0.0385. The first-order valence-corrected chi connectivity index (χ1v) is 26.3. The third-order valence-electron chi connectivity index (χ3n) is 11.6. The van der Waals surface area contributed by atoms with Crippen LogP contribution in [0.25, 0.3) is 0 Å². The highest BCUT2D eigenvalue weighted by molar-refractivity contribution is 7.80. The molecule has 1 heterocycles. The molecule has 362 valence electrons. The van der Waals surface area contributed by atoms with Crippen molar-refractivity contribution in [1.29, 1.82) is 0 Å². The van der Waals surface area contributed by atoms with Gasteiger partial charge in [0, 0.05) is 13.0 Å². The lowest BCUT2D eigenvalue weighted by atomic mass is 9.99. The van der Waals surface area contributed by atoms with Gasteiger partial charge in [-0.15, -0.1) is 0 Å². The molecule has 1 aliphatic rings. The summed E-state index contributed by atoms with van der Waals surface area (Å²) in [6, 6.07) is 0. The molecule has 0 bridgehead atoms. The fourth-order valence-corrected chi connectivity index (χ4v) is 8.35. The summed E-state index contributed by atoms with van der Waals surface area (Å²) in [5.74, 6) is -0.405. The number of esters is 1. The number of rotatable bonds is 44. The molecule has 1 aliphatic heterocycles. The molecular formula is C48H92O12S. The summed E-state index contributed by atoms with van der Waals surface area (Å²) in [6.07, 6.45) is 35.4. The molecule has 0 aromatic heterocycles. The average Bonchev–Trinajstić information content (AvgIpc) is 3.23. The van der Waals surface area contributed by atoms with Crippen LogP contribution in [0, 0.1) is 0 Å². The van der Waals surface area contributed by atoms with E-state index in [0.29, 0.717) is 13.0 Å². The van der Waals surface area contributed by atoms with Gasteiger partial charge in [0.2, 0.25) is 0 Å². The van der Waals surface area contributed by atoms with E-state index in [4.69, 9.17) is 23.5 Å². The van der Waals surface area contributed by atoms with Crippen molar-refractivity contribution in [3.63, 3.8) is 0 Å². The lowest BCUT2D eigenvalue weighted by Crippen LogP contribution is -2.60. The summed E-state index contributed by atoms with van der Waals surface area (Å²) < 4.78 is 59.1. The Balaban J connectivity index is 2.32. The third-order valence-corrected chi connectivity index (χ3v) is 12.1. The maximum Gasteiger partial charge on any atom is 0.397 e. The summed E-state index contributed by atoms with van der Waals surface area (Å²) in [7, 11) is -5.06. The number of carbonyl (C=O) groups excluding carboxylic acids is 1. The lowest BCUT2D eigenvalue weighted by molar-refractivity contribution is -0.301. The normalized spacial score (nSPS) is 20.1. The van der Waals surface area contributed by atoms with Gasteiger partial charge in [-0.1, -0.05) is 193 Å². The van der Waals surface area contributed by atoms with E-state index < -0.39 is 59.8 Å². The second kappa shape index (κ2) is 40.4. The number of aliphatic hydroxyl groups is 3. The molecule has 12 nitrogen and oxygen atoms in total. The molecular weight excluding hydrogens is 801 g/mol. The predicted octanol–water partition coefficient (Wildman–Crippen LogP) is 11.0. The Morgan fingerprint density at radius 2 is 1.03 bits per heavy atom. The molecule has 0 saturated carbocycles. The molecule has 1 rings (SSSR count). The molecule has 0 amide bonds. The first-order chi connectivity index (χ1) is 29.6. The third kappa shape index (κ3) is 33.9. The highest BCUT2D eigenvalue weighted by atomic mass is 32.3. The molecule has 6 atom stereocenters. The number of aliphatic hydroxyl groups excluding tert-OH is 3. The van der Waals surface area contributed by atoms with E-state index in [1.54, 1.807) is 0 Å². The number of unbranched alkanes of at least 4 members (excludes halogenated alkanes) is 29. The summed E-state index contributed by atoms with van der Waals surface area (Å²) in [5.41, 5.74) is 0. The monoisotopic (exact) mass is 893 g/mol. The van der Waals surface area contributed by atoms with Gasteiger partial charge in [0.05, 0.1) is 19.8 Å². The Kier molecular flexibility index (Phi) is 38.3. The Bertz CT molecular complexity index is 1120. The van der Waals surface area contributed by atoms with E-state index in [-0.39, 0.29) is 19.6 Å². The topological polar surface area (TPSA) is 178 Å². The summed E-state index contributed by atoms with van der Waals surface area (Å²) in [4.78, 5) is 12.8. The highest BCUT2D eigenvalue weighted by Gasteiger charge is 2.48. The van der Waals surface area contributed by atoms with Crippen molar-refractivity contribution < 1.29 is 56.2 Å². The van der Waals surface area contributed by atoms with Crippen LogP contribution in [0.4, 0.5) is 0 Å². The van der Waals surface area contributed by atoms with Gasteiger partial charge in [0.25, 0.3) is 0 Å². The average molecular weight is 893 g/mol. The number of hydrogen-bond donors (Lipinski definition) is 4. The van der Waals surface area contributed by atoms with Crippen LogP contribution in [0.3, 0.4) is 0 Å². The van der Waals surface area contributed by atoms with Gasteiger partial charge in [-0.25, -0.2) is 4.18 Å². The van der Waals surface area contributed by atoms with E-state index in [2.05, 4.69) is 30.2 Å². The minimum Gasteiger partial charge on any atom is -0.457 e. The molecule has 6 unspecified atom stereocenters. The number of allylic oxidation sites excluding steroid dienone is 2. The van der Waals surface area contributed by atoms with Gasteiger partial charge in [0.15, 0.2) is 6.29 Å². The van der Waals surface area contributed by atoms with Gasteiger partial charge in [-0.2, -0.15) is 8.42 Å². The SMILES string of the molecule is CCCCC/C=C\CCCCCCCC(=O)OC(COCCCCCCCCCCCCCCCCCCCCCCCC)COC1OC(CO)C(O)C(OS(=O)(=O)O)C1O. The zero-order chi connectivity index (χ0) is 44.7. The van der Waals surface area contributed by atoms with E-state index in [1.165, 1.54) is 141 Å². The molecule has 0 aromatic carbocycles. The molecule has 13 heteroatoms. The second-order valence-corrected chi connectivity index (χ2v) is 18.5. The summed E-state index contributed by atoms with van der Waals surface area (Å²) >= 11 is 0. The number of carbonyl (C=O) groups is 1. The zero-order valence-corrected chi connectivity index (χ0v) is 39.6. The molecule has 0 aliphatic carbocycles. The van der Waals surface area contributed by atoms with Gasteiger partial charge >= 0.3 is 16.4 Å². The van der Waals surface area contributed by atoms with Crippen molar-refractivity contribution in [1.82, 2.24) is 0 Å². The lowest BCUT2D eigenvalue weighted by Gasteiger charge is -2.41. The standard InChI is InChI=1S/C48H92O12S/c1-3-5-7-9-11-13-15-17-18-19-20-21-22-23-24-25-26-28-30-32-34-36-38-56-40-42(58-44(50)37-35-33-31-29-27-16-14-12-10-8-6-4-2)41-57-48-46(52)47(60-61(53,54)55)45(51)43(39-49)59-48/h12,14,42-43,45-49,51-52H,3-11,13,15-41H2,1-2H3,(H,53,54,55)/b14-12-. The van der Waals surface area contributed by atoms with Crippen molar-refractivity contribution in [3.05, 3.63) is 12.2 Å². The van der Waals surface area contributed by atoms with Crippen LogP contribution in [-0.2, 0) is 38.3 Å². The number of hydrogen-bond acceptors (Lipinski definition) is 11. The van der Waals surface area contributed by atoms with E-state index in [1.807, 2.05) is 0 Å².